The highest BCUT2D eigenvalue weighted by Gasteiger charge is 2.13. The van der Waals surface area contributed by atoms with Crippen molar-refractivity contribution < 1.29 is 9.47 Å². The Labute approximate surface area is 80.6 Å². The maximum Gasteiger partial charge on any atom is 0.0619 e. The zero-order chi connectivity index (χ0) is 9.52. The Kier molecular flexibility index (Phi) is 5.35. The van der Waals surface area contributed by atoms with Crippen molar-refractivity contribution in [1.29, 1.82) is 0 Å². The van der Waals surface area contributed by atoms with E-state index in [1.165, 1.54) is 0 Å². The van der Waals surface area contributed by atoms with Crippen LogP contribution in [0.4, 0.5) is 0 Å². The largest absolute Gasteiger partial charge is 0.381 e. The first kappa shape index (κ1) is 11.0. The average Bonchev–Trinajstić information content (AvgIpc) is 2.14. The van der Waals surface area contributed by atoms with Gasteiger partial charge in [0.15, 0.2) is 0 Å². The Bertz CT molecular complexity index is 122. The van der Waals surface area contributed by atoms with E-state index in [1.54, 1.807) is 0 Å². The molecule has 3 nitrogen and oxygen atoms in total. The van der Waals surface area contributed by atoms with E-state index < -0.39 is 0 Å². The van der Waals surface area contributed by atoms with E-state index in [9.17, 15) is 0 Å². The van der Waals surface area contributed by atoms with Gasteiger partial charge in [-0.15, -0.1) is 0 Å². The van der Waals surface area contributed by atoms with Crippen molar-refractivity contribution in [3.05, 3.63) is 0 Å². The average molecular weight is 187 g/mol. The van der Waals surface area contributed by atoms with Gasteiger partial charge in [-0.3, -0.25) is 0 Å². The molecule has 2 N–H and O–H groups in total. The molecule has 0 aromatic heterocycles. The summed E-state index contributed by atoms with van der Waals surface area (Å²) >= 11 is 0. The van der Waals surface area contributed by atoms with Crippen LogP contribution >= 0.6 is 0 Å². The zero-order valence-electron chi connectivity index (χ0n) is 8.50. The lowest BCUT2D eigenvalue weighted by molar-refractivity contribution is -0.0328. The maximum absolute atomic E-state index is 5.70. The third-order valence-electron chi connectivity index (χ3n) is 2.33. The fraction of sp³-hybridized carbons (Fsp3) is 1.00. The van der Waals surface area contributed by atoms with Crippen LogP contribution in [0.1, 0.15) is 32.6 Å². The van der Waals surface area contributed by atoms with Crippen LogP contribution in [0.5, 0.6) is 0 Å². The first-order valence-electron chi connectivity index (χ1n) is 5.24. The highest BCUT2D eigenvalue weighted by molar-refractivity contribution is 4.62. The zero-order valence-corrected chi connectivity index (χ0v) is 8.50. The molecule has 0 aromatic carbocycles. The van der Waals surface area contributed by atoms with Crippen LogP contribution < -0.4 is 5.73 Å². The van der Waals surface area contributed by atoms with E-state index in [2.05, 4.69) is 0 Å². The normalized spacial score (nSPS) is 21.7. The third kappa shape index (κ3) is 5.24. The minimum absolute atomic E-state index is 0.304. The molecule has 1 fully saturated rings. The second-order valence-electron chi connectivity index (χ2n) is 3.80. The van der Waals surface area contributed by atoms with E-state index in [0.717, 1.165) is 45.5 Å². The van der Waals surface area contributed by atoms with Crippen LogP contribution in [0.15, 0.2) is 0 Å². The van der Waals surface area contributed by atoms with Gasteiger partial charge < -0.3 is 15.2 Å². The molecule has 1 aliphatic heterocycles. The smallest absolute Gasteiger partial charge is 0.0619 e. The Morgan fingerprint density at radius 1 is 1.46 bits per heavy atom. The Hall–Kier alpha value is -0.120. The van der Waals surface area contributed by atoms with E-state index in [-0.39, 0.29) is 0 Å². The van der Waals surface area contributed by atoms with Gasteiger partial charge in [-0.1, -0.05) is 0 Å². The molecule has 1 aliphatic rings. The summed E-state index contributed by atoms with van der Waals surface area (Å²) in [5.74, 6) is 0. The first-order chi connectivity index (χ1) is 6.29. The highest BCUT2D eigenvalue weighted by atomic mass is 16.5. The van der Waals surface area contributed by atoms with Crippen LogP contribution in [0.3, 0.4) is 0 Å². The molecule has 1 rings (SSSR count). The summed E-state index contributed by atoms with van der Waals surface area (Å²) in [6, 6.07) is 0.304. The van der Waals surface area contributed by atoms with E-state index >= 15 is 0 Å². The number of hydrogen-bond acceptors (Lipinski definition) is 3. The number of ether oxygens (including phenoxy) is 2. The molecule has 13 heavy (non-hydrogen) atoms. The Morgan fingerprint density at radius 3 is 2.77 bits per heavy atom. The van der Waals surface area contributed by atoms with Crippen molar-refractivity contribution in [3.63, 3.8) is 0 Å². The molecule has 0 amide bonds. The Balaban J connectivity index is 1.92. The molecular weight excluding hydrogens is 166 g/mol. The molecule has 1 saturated heterocycles. The van der Waals surface area contributed by atoms with Crippen molar-refractivity contribution >= 4 is 0 Å². The predicted octanol–water partition coefficient (Wildman–Crippen LogP) is 1.31. The molecule has 3 heteroatoms. The lowest BCUT2D eigenvalue weighted by Gasteiger charge is -2.22. The van der Waals surface area contributed by atoms with Crippen molar-refractivity contribution in [1.82, 2.24) is 0 Å². The van der Waals surface area contributed by atoms with Crippen LogP contribution in [0, 0.1) is 0 Å². The molecule has 1 atom stereocenters. The van der Waals surface area contributed by atoms with E-state index in [1.807, 2.05) is 6.92 Å². The molecule has 0 saturated carbocycles. The van der Waals surface area contributed by atoms with Crippen molar-refractivity contribution in [2.75, 3.05) is 19.8 Å². The van der Waals surface area contributed by atoms with Crippen LogP contribution in [0.2, 0.25) is 0 Å². The lowest BCUT2D eigenvalue weighted by Crippen LogP contribution is -2.24. The summed E-state index contributed by atoms with van der Waals surface area (Å²) in [6.45, 7) is 4.61. The van der Waals surface area contributed by atoms with Crippen LogP contribution in [-0.4, -0.2) is 32.0 Å². The molecular formula is C10H21NO2. The molecule has 0 aromatic rings. The van der Waals surface area contributed by atoms with Crippen molar-refractivity contribution in [2.45, 2.75) is 44.8 Å². The molecule has 0 radical (unpaired) electrons. The number of hydrogen-bond donors (Lipinski definition) is 1. The quantitative estimate of drug-likeness (QED) is 0.660. The van der Waals surface area contributed by atoms with Crippen LogP contribution in [-0.2, 0) is 9.47 Å². The molecule has 1 heterocycles. The standard InChI is InChI=1S/C10H21NO2/c1-9(11)3-2-6-13-10-4-7-12-8-5-10/h9-10H,2-8,11H2,1H3. The first-order valence-corrected chi connectivity index (χ1v) is 5.24. The summed E-state index contributed by atoms with van der Waals surface area (Å²) in [5, 5.41) is 0. The van der Waals surface area contributed by atoms with Crippen molar-refractivity contribution in [2.24, 2.45) is 5.73 Å². The third-order valence-corrected chi connectivity index (χ3v) is 2.33. The minimum Gasteiger partial charge on any atom is -0.381 e. The molecule has 0 spiro atoms. The van der Waals surface area contributed by atoms with Gasteiger partial charge in [-0.2, -0.15) is 0 Å². The Morgan fingerprint density at radius 2 is 2.15 bits per heavy atom. The predicted molar refractivity (Wildman–Crippen MR) is 52.7 cm³/mol. The summed E-state index contributed by atoms with van der Waals surface area (Å²) in [5.41, 5.74) is 5.64. The monoisotopic (exact) mass is 187 g/mol. The maximum atomic E-state index is 5.70. The summed E-state index contributed by atoms with van der Waals surface area (Å²) in [4.78, 5) is 0. The van der Waals surface area contributed by atoms with Gasteiger partial charge in [0.2, 0.25) is 0 Å². The van der Waals surface area contributed by atoms with Crippen molar-refractivity contribution in [3.8, 4) is 0 Å². The highest BCUT2D eigenvalue weighted by Crippen LogP contribution is 2.11. The van der Waals surface area contributed by atoms with Crippen LogP contribution in [0.25, 0.3) is 0 Å². The molecule has 0 bridgehead atoms. The summed E-state index contributed by atoms with van der Waals surface area (Å²) in [7, 11) is 0. The van der Waals surface area contributed by atoms with Gasteiger partial charge in [0, 0.05) is 25.9 Å². The van der Waals surface area contributed by atoms with Gasteiger partial charge in [-0.05, 0) is 32.6 Å². The molecule has 78 valence electrons. The number of nitrogens with two attached hydrogens (primary N) is 1. The SMILES string of the molecule is CC(N)CCCOC1CCOCC1. The lowest BCUT2D eigenvalue weighted by atomic mass is 10.1. The fourth-order valence-corrected chi connectivity index (χ4v) is 1.50. The van der Waals surface area contributed by atoms with E-state index in [4.69, 9.17) is 15.2 Å². The van der Waals surface area contributed by atoms with Gasteiger partial charge in [-0.25, -0.2) is 0 Å². The summed E-state index contributed by atoms with van der Waals surface area (Å²) < 4.78 is 10.9. The topological polar surface area (TPSA) is 44.5 Å². The van der Waals surface area contributed by atoms with E-state index in [0.29, 0.717) is 12.1 Å². The minimum atomic E-state index is 0.304. The van der Waals surface area contributed by atoms with Gasteiger partial charge in [0.1, 0.15) is 0 Å². The van der Waals surface area contributed by atoms with Gasteiger partial charge in [0.05, 0.1) is 6.10 Å². The second-order valence-corrected chi connectivity index (χ2v) is 3.80. The summed E-state index contributed by atoms with van der Waals surface area (Å²) in [6.07, 6.45) is 4.68. The van der Waals surface area contributed by atoms with Gasteiger partial charge >= 0.3 is 0 Å². The molecule has 1 unspecified atom stereocenters. The fourth-order valence-electron chi connectivity index (χ4n) is 1.50. The number of rotatable bonds is 5. The second kappa shape index (κ2) is 6.35. The van der Waals surface area contributed by atoms with Gasteiger partial charge in [0.25, 0.3) is 0 Å². The molecule has 0 aliphatic carbocycles.